The highest BCUT2D eigenvalue weighted by Crippen LogP contribution is 2.26. The van der Waals surface area contributed by atoms with E-state index < -0.39 is 5.82 Å². The maximum absolute atomic E-state index is 13.5. The molecule has 0 atom stereocenters. The highest BCUT2D eigenvalue weighted by molar-refractivity contribution is 5.89. The molecule has 1 aliphatic rings. The molecule has 0 bridgehead atoms. The molecule has 0 unspecified atom stereocenters. The predicted molar refractivity (Wildman–Crippen MR) is 94.4 cm³/mol. The smallest absolute Gasteiger partial charge is 0.317 e. The van der Waals surface area contributed by atoms with E-state index in [1.807, 2.05) is 36.4 Å². The SMILES string of the molecule is N#Cc1cc(CN(C(=O)Nc2ccccc2)C2CCCC2)ccc1F. The lowest BCUT2D eigenvalue weighted by Gasteiger charge is -2.29. The van der Waals surface area contributed by atoms with Crippen molar-refractivity contribution in [1.29, 1.82) is 5.26 Å². The molecule has 0 saturated heterocycles. The van der Waals surface area contributed by atoms with Gasteiger partial charge in [0.15, 0.2) is 0 Å². The van der Waals surface area contributed by atoms with Crippen molar-refractivity contribution >= 4 is 11.7 Å². The third-order valence-corrected chi connectivity index (χ3v) is 4.56. The largest absolute Gasteiger partial charge is 0.322 e. The van der Waals surface area contributed by atoms with E-state index in [0.717, 1.165) is 36.9 Å². The van der Waals surface area contributed by atoms with Gasteiger partial charge in [-0.25, -0.2) is 9.18 Å². The molecule has 0 radical (unpaired) electrons. The van der Waals surface area contributed by atoms with Gasteiger partial charge in [0.05, 0.1) is 5.56 Å². The van der Waals surface area contributed by atoms with Gasteiger partial charge in [0.2, 0.25) is 0 Å². The summed E-state index contributed by atoms with van der Waals surface area (Å²) in [5.74, 6) is -0.535. The Hall–Kier alpha value is -2.87. The molecule has 0 aliphatic heterocycles. The number of halogens is 1. The second-order valence-corrected chi connectivity index (χ2v) is 6.29. The van der Waals surface area contributed by atoms with E-state index in [9.17, 15) is 9.18 Å². The predicted octanol–water partition coefficient (Wildman–Crippen LogP) is 4.67. The van der Waals surface area contributed by atoms with E-state index in [4.69, 9.17) is 5.26 Å². The van der Waals surface area contributed by atoms with Gasteiger partial charge >= 0.3 is 6.03 Å². The van der Waals surface area contributed by atoms with Crippen LogP contribution in [0, 0.1) is 17.1 Å². The maximum atomic E-state index is 13.5. The number of carbonyl (C=O) groups is 1. The van der Waals surface area contributed by atoms with Crippen LogP contribution in [0.3, 0.4) is 0 Å². The lowest BCUT2D eigenvalue weighted by molar-refractivity contribution is 0.184. The molecule has 2 amide bonds. The number of hydrogen-bond acceptors (Lipinski definition) is 2. The second kappa shape index (κ2) is 7.80. The summed E-state index contributed by atoms with van der Waals surface area (Å²) in [6.45, 7) is 0.359. The first-order valence-electron chi connectivity index (χ1n) is 8.48. The van der Waals surface area contributed by atoms with Crippen molar-refractivity contribution in [2.75, 3.05) is 5.32 Å². The normalized spacial score (nSPS) is 14.1. The van der Waals surface area contributed by atoms with Gasteiger partial charge in [0, 0.05) is 18.3 Å². The average molecular weight is 337 g/mol. The van der Waals surface area contributed by atoms with Crippen LogP contribution in [0.5, 0.6) is 0 Å². The van der Waals surface area contributed by atoms with Crippen LogP contribution in [0.15, 0.2) is 48.5 Å². The molecule has 1 aliphatic carbocycles. The number of nitrogens with one attached hydrogen (secondary N) is 1. The molecule has 25 heavy (non-hydrogen) atoms. The van der Waals surface area contributed by atoms with Crippen LogP contribution in [0.25, 0.3) is 0 Å². The molecule has 1 saturated carbocycles. The van der Waals surface area contributed by atoms with E-state index in [1.54, 1.807) is 11.0 Å². The lowest BCUT2D eigenvalue weighted by Crippen LogP contribution is -2.41. The zero-order valence-corrected chi connectivity index (χ0v) is 13.9. The molecular weight excluding hydrogens is 317 g/mol. The Bertz CT molecular complexity index is 779. The number of hydrogen-bond donors (Lipinski definition) is 1. The molecule has 0 aromatic heterocycles. The first kappa shape index (κ1) is 17.0. The molecule has 0 spiro atoms. The second-order valence-electron chi connectivity index (χ2n) is 6.29. The van der Waals surface area contributed by atoms with E-state index >= 15 is 0 Å². The first-order valence-corrected chi connectivity index (χ1v) is 8.48. The summed E-state index contributed by atoms with van der Waals surface area (Å²) in [6, 6.07) is 15.6. The molecule has 2 aromatic rings. The summed E-state index contributed by atoms with van der Waals surface area (Å²) in [7, 11) is 0. The van der Waals surface area contributed by atoms with Crippen LogP contribution < -0.4 is 5.32 Å². The average Bonchev–Trinajstić information content (AvgIpc) is 3.16. The molecule has 1 N–H and O–H groups in total. The Kier molecular flexibility index (Phi) is 5.30. The monoisotopic (exact) mass is 337 g/mol. The van der Waals surface area contributed by atoms with Crippen molar-refractivity contribution in [3.63, 3.8) is 0 Å². The fourth-order valence-electron chi connectivity index (χ4n) is 3.25. The van der Waals surface area contributed by atoms with Gasteiger partial charge in [-0.1, -0.05) is 37.1 Å². The third kappa shape index (κ3) is 4.16. The summed E-state index contributed by atoms with van der Waals surface area (Å²) in [6.07, 6.45) is 4.14. The highest BCUT2D eigenvalue weighted by atomic mass is 19.1. The molecule has 0 heterocycles. The minimum Gasteiger partial charge on any atom is -0.317 e. The number of anilines is 1. The molecule has 4 nitrogen and oxygen atoms in total. The lowest BCUT2D eigenvalue weighted by atomic mass is 10.1. The summed E-state index contributed by atoms with van der Waals surface area (Å²) in [5.41, 5.74) is 1.51. The van der Waals surface area contributed by atoms with E-state index in [0.29, 0.717) is 6.54 Å². The molecular formula is C20H20FN3O. The number of nitrogens with zero attached hydrogens (tertiary/aromatic N) is 2. The van der Waals surface area contributed by atoms with E-state index in [1.165, 1.54) is 12.1 Å². The quantitative estimate of drug-likeness (QED) is 0.881. The van der Waals surface area contributed by atoms with Gasteiger partial charge in [0.25, 0.3) is 0 Å². The van der Waals surface area contributed by atoms with Crippen LogP contribution in [-0.2, 0) is 6.54 Å². The topological polar surface area (TPSA) is 56.1 Å². The minimum atomic E-state index is -0.535. The Balaban J connectivity index is 1.80. The summed E-state index contributed by atoms with van der Waals surface area (Å²) in [5, 5.41) is 11.9. The van der Waals surface area contributed by atoms with Crippen molar-refractivity contribution in [1.82, 2.24) is 4.90 Å². The number of urea groups is 1. The van der Waals surface area contributed by atoms with Crippen molar-refractivity contribution < 1.29 is 9.18 Å². The number of benzene rings is 2. The Morgan fingerprint density at radius 2 is 1.92 bits per heavy atom. The van der Waals surface area contributed by atoms with Crippen LogP contribution >= 0.6 is 0 Å². The fourth-order valence-corrected chi connectivity index (χ4v) is 3.25. The van der Waals surface area contributed by atoms with Gasteiger partial charge in [-0.15, -0.1) is 0 Å². The summed E-state index contributed by atoms with van der Waals surface area (Å²) >= 11 is 0. The molecule has 1 fully saturated rings. The standard InChI is InChI=1S/C20H20FN3O/c21-19-11-10-15(12-16(19)13-22)14-24(18-8-4-5-9-18)20(25)23-17-6-2-1-3-7-17/h1-3,6-7,10-12,18H,4-5,8-9,14H2,(H,23,25). The first-order chi connectivity index (χ1) is 12.2. The van der Waals surface area contributed by atoms with E-state index in [-0.39, 0.29) is 17.6 Å². The van der Waals surface area contributed by atoms with Crippen molar-refractivity contribution in [2.45, 2.75) is 38.3 Å². The van der Waals surface area contributed by atoms with Gasteiger partial charge in [-0.05, 0) is 42.7 Å². The minimum absolute atomic E-state index is 0.00680. The van der Waals surface area contributed by atoms with Crippen LogP contribution in [0.2, 0.25) is 0 Å². The Morgan fingerprint density at radius 3 is 2.60 bits per heavy atom. The molecule has 3 rings (SSSR count). The van der Waals surface area contributed by atoms with Crippen LogP contribution in [-0.4, -0.2) is 17.0 Å². The maximum Gasteiger partial charge on any atom is 0.322 e. The number of para-hydroxylation sites is 1. The van der Waals surface area contributed by atoms with Crippen LogP contribution in [0.1, 0.15) is 36.8 Å². The van der Waals surface area contributed by atoms with Crippen molar-refractivity contribution in [3.05, 3.63) is 65.5 Å². The number of nitriles is 1. The highest BCUT2D eigenvalue weighted by Gasteiger charge is 2.27. The number of amides is 2. The van der Waals surface area contributed by atoms with Gasteiger partial charge < -0.3 is 10.2 Å². The van der Waals surface area contributed by atoms with Crippen molar-refractivity contribution in [2.24, 2.45) is 0 Å². The number of carbonyl (C=O) groups excluding carboxylic acids is 1. The third-order valence-electron chi connectivity index (χ3n) is 4.56. The summed E-state index contributed by atoms with van der Waals surface area (Å²) in [4.78, 5) is 14.6. The van der Waals surface area contributed by atoms with Gasteiger partial charge in [-0.2, -0.15) is 5.26 Å². The van der Waals surface area contributed by atoms with Gasteiger partial charge in [-0.3, -0.25) is 0 Å². The fraction of sp³-hybridized carbons (Fsp3) is 0.300. The van der Waals surface area contributed by atoms with E-state index in [2.05, 4.69) is 5.32 Å². The zero-order valence-electron chi connectivity index (χ0n) is 13.9. The zero-order chi connectivity index (χ0) is 17.6. The van der Waals surface area contributed by atoms with Gasteiger partial charge in [0.1, 0.15) is 11.9 Å². The van der Waals surface area contributed by atoms with Crippen LogP contribution in [0.4, 0.5) is 14.9 Å². The molecule has 2 aromatic carbocycles. The molecule has 128 valence electrons. The Morgan fingerprint density at radius 1 is 1.20 bits per heavy atom. The molecule has 5 heteroatoms. The van der Waals surface area contributed by atoms with Crippen molar-refractivity contribution in [3.8, 4) is 6.07 Å². The Labute approximate surface area is 146 Å². The summed E-state index contributed by atoms with van der Waals surface area (Å²) < 4.78 is 13.5. The number of rotatable bonds is 4.